The summed E-state index contributed by atoms with van der Waals surface area (Å²) in [6.45, 7) is 0.447. The number of anilines is 1. The number of aromatic nitrogens is 3. The molecule has 4 aromatic rings. The molecule has 0 radical (unpaired) electrons. The van der Waals surface area contributed by atoms with Gasteiger partial charge in [-0.25, -0.2) is 17.5 Å². The summed E-state index contributed by atoms with van der Waals surface area (Å²) < 4.78 is 88.0. The van der Waals surface area contributed by atoms with E-state index in [0.29, 0.717) is 28.7 Å². The average molecular weight is 571 g/mol. The molecule has 2 atom stereocenters. The fourth-order valence-electron chi connectivity index (χ4n) is 4.19. The zero-order valence-electron chi connectivity index (χ0n) is 19.6. The lowest BCUT2D eigenvalue weighted by Crippen LogP contribution is -2.45. The number of thiophene rings is 1. The Morgan fingerprint density at radius 1 is 1.21 bits per heavy atom. The fourth-order valence-corrected chi connectivity index (χ4v) is 6.35. The zero-order chi connectivity index (χ0) is 26.9. The number of fused-ring (bicyclic) bond motifs is 1. The second-order valence-electron chi connectivity index (χ2n) is 8.67. The molecule has 1 aromatic carbocycles. The number of piperidine rings is 1. The quantitative estimate of drug-likeness (QED) is 0.272. The highest BCUT2D eigenvalue weighted by atomic mass is 32.2. The Morgan fingerprint density at radius 2 is 2.05 bits per heavy atom. The highest BCUT2D eigenvalue weighted by Crippen LogP contribution is 2.43. The van der Waals surface area contributed by atoms with Crippen molar-refractivity contribution in [1.29, 1.82) is 0 Å². The maximum absolute atomic E-state index is 14.4. The molecule has 3 aromatic heterocycles. The highest BCUT2D eigenvalue weighted by molar-refractivity contribution is 7.89. The van der Waals surface area contributed by atoms with Gasteiger partial charge in [0.1, 0.15) is 11.1 Å². The first-order valence-electron chi connectivity index (χ1n) is 11.6. The number of halogens is 4. The van der Waals surface area contributed by atoms with Gasteiger partial charge in [0.25, 0.3) is 0 Å². The number of rotatable bonds is 8. The van der Waals surface area contributed by atoms with Gasteiger partial charge >= 0.3 is 6.18 Å². The number of hydrogen-bond acceptors (Lipinski definition) is 9. The van der Waals surface area contributed by atoms with E-state index >= 15 is 0 Å². The Bertz CT molecular complexity index is 1530. The van der Waals surface area contributed by atoms with Crippen LogP contribution in [0.3, 0.4) is 0 Å². The summed E-state index contributed by atoms with van der Waals surface area (Å²) in [6, 6.07) is 7.22. The highest BCUT2D eigenvalue weighted by Gasteiger charge is 2.33. The van der Waals surface area contributed by atoms with Gasteiger partial charge in [0.15, 0.2) is 0 Å². The third-order valence-corrected chi connectivity index (χ3v) is 8.64. The van der Waals surface area contributed by atoms with Crippen molar-refractivity contribution in [3.05, 3.63) is 54.2 Å². The number of pyridine rings is 1. The van der Waals surface area contributed by atoms with E-state index in [9.17, 15) is 26.0 Å². The number of alkyl halides is 4. The Morgan fingerprint density at radius 3 is 2.79 bits per heavy atom. The van der Waals surface area contributed by atoms with Crippen molar-refractivity contribution in [2.45, 2.75) is 42.7 Å². The molecular weight excluding hydrogens is 548 g/mol. The molecule has 1 aliphatic rings. The van der Waals surface area contributed by atoms with E-state index in [2.05, 4.69) is 30.5 Å². The standard InChI is InChI=1S/C23H22F4N6O3S2/c24-16-11-29-8-6-17(16)31-18-5-1-4-14-15(9-23(25,26)27)21(37-20(14)18)22-32-19(36-33-22)12-30-38(34,35)13-3-2-7-28-10-13/h1-5,7,10,16-17,29-31H,6,8-9,11-12H2/t16-,17+/m0/s1. The number of hydrogen-bond donors (Lipinski definition) is 3. The van der Waals surface area contributed by atoms with Gasteiger partial charge in [-0.05, 0) is 42.1 Å². The van der Waals surface area contributed by atoms with Crippen LogP contribution in [-0.2, 0) is 23.0 Å². The topological polar surface area (TPSA) is 122 Å². The molecule has 1 aliphatic heterocycles. The molecule has 202 valence electrons. The second-order valence-corrected chi connectivity index (χ2v) is 11.5. The third kappa shape index (κ3) is 5.80. The van der Waals surface area contributed by atoms with Crippen molar-refractivity contribution in [1.82, 2.24) is 25.2 Å². The molecule has 38 heavy (non-hydrogen) atoms. The van der Waals surface area contributed by atoms with E-state index in [-0.39, 0.29) is 40.1 Å². The van der Waals surface area contributed by atoms with Crippen LogP contribution in [0.2, 0.25) is 0 Å². The van der Waals surface area contributed by atoms with E-state index in [1.54, 1.807) is 18.2 Å². The van der Waals surface area contributed by atoms with Crippen molar-refractivity contribution < 1.29 is 30.5 Å². The van der Waals surface area contributed by atoms with Gasteiger partial charge in [-0.3, -0.25) is 4.98 Å². The number of sulfonamides is 1. The lowest BCUT2D eigenvalue weighted by Gasteiger charge is -2.28. The maximum Gasteiger partial charge on any atom is 0.393 e. The van der Waals surface area contributed by atoms with Crippen molar-refractivity contribution in [2.75, 3.05) is 18.4 Å². The average Bonchev–Trinajstić information content (AvgIpc) is 3.49. The Balaban J connectivity index is 1.46. The van der Waals surface area contributed by atoms with Gasteiger partial charge in [0.2, 0.25) is 21.7 Å². The van der Waals surface area contributed by atoms with Crippen LogP contribution in [-0.4, -0.2) is 55.0 Å². The van der Waals surface area contributed by atoms with Crippen molar-refractivity contribution in [2.24, 2.45) is 0 Å². The van der Waals surface area contributed by atoms with Crippen LogP contribution in [0.25, 0.3) is 20.8 Å². The first-order chi connectivity index (χ1) is 18.1. The van der Waals surface area contributed by atoms with E-state index in [4.69, 9.17) is 4.52 Å². The van der Waals surface area contributed by atoms with E-state index in [1.807, 2.05) is 0 Å². The van der Waals surface area contributed by atoms with E-state index in [1.165, 1.54) is 24.5 Å². The summed E-state index contributed by atoms with van der Waals surface area (Å²) in [6.07, 6.45) is -3.78. The number of nitrogens with one attached hydrogen (secondary N) is 3. The minimum absolute atomic E-state index is 0.0356. The normalized spacial score (nSPS) is 18.6. The second kappa shape index (κ2) is 10.6. The summed E-state index contributed by atoms with van der Waals surface area (Å²) in [5, 5.41) is 10.3. The summed E-state index contributed by atoms with van der Waals surface area (Å²) >= 11 is 1.04. The first-order valence-corrected chi connectivity index (χ1v) is 13.9. The molecule has 0 aliphatic carbocycles. The molecule has 9 nitrogen and oxygen atoms in total. The number of benzene rings is 1. The fraction of sp³-hybridized carbons (Fsp3) is 0.348. The molecule has 0 amide bonds. The molecule has 0 saturated carbocycles. The van der Waals surface area contributed by atoms with Crippen molar-refractivity contribution >= 4 is 37.1 Å². The Labute approximate surface area is 218 Å². The summed E-state index contributed by atoms with van der Waals surface area (Å²) in [5.41, 5.74) is 0.483. The summed E-state index contributed by atoms with van der Waals surface area (Å²) in [5.74, 6) is -0.228. The van der Waals surface area contributed by atoms with Crippen LogP contribution >= 0.6 is 11.3 Å². The predicted octanol–water partition coefficient (Wildman–Crippen LogP) is 4.04. The van der Waals surface area contributed by atoms with Crippen molar-refractivity contribution in [3.8, 4) is 10.7 Å². The lowest BCUT2D eigenvalue weighted by atomic mass is 10.0. The molecular formula is C23H22F4N6O3S2. The molecule has 5 rings (SSSR count). The van der Waals surface area contributed by atoms with Gasteiger partial charge in [0, 0.05) is 18.9 Å². The molecule has 0 bridgehead atoms. The van der Waals surface area contributed by atoms with Gasteiger partial charge in [-0.2, -0.15) is 18.2 Å². The van der Waals surface area contributed by atoms with Gasteiger partial charge in [-0.15, -0.1) is 11.3 Å². The maximum atomic E-state index is 14.4. The molecule has 4 heterocycles. The van der Waals surface area contributed by atoms with Gasteiger partial charge < -0.3 is 15.2 Å². The molecule has 0 spiro atoms. The summed E-state index contributed by atoms with van der Waals surface area (Å²) in [4.78, 5) is 7.99. The van der Waals surface area contributed by atoms with Crippen LogP contribution in [0, 0.1) is 0 Å². The van der Waals surface area contributed by atoms with Crippen LogP contribution < -0.4 is 15.4 Å². The monoisotopic (exact) mass is 570 g/mol. The van der Waals surface area contributed by atoms with Crippen LogP contribution in [0.5, 0.6) is 0 Å². The first kappa shape index (κ1) is 26.5. The minimum atomic E-state index is -4.52. The van der Waals surface area contributed by atoms with Gasteiger partial charge in [-0.1, -0.05) is 17.3 Å². The van der Waals surface area contributed by atoms with E-state index in [0.717, 1.165) is 11.3 Å². The minimum Gasteiger partial charge on any atom is -0.378 e. The van der Waals surface area contributed by atoms with Crippen LogP contribution in [0.4, 0.5) is 23.2 Å². The summed E-state index contributed by atoms with van der Waals surface area (Å²) in [7, 11) is -3.92. The Hall–Kier alpha value is -3.14. The molecule has 1 fully saturated rings. The molecule has 15 heteroatoms. The van der Waals surface area contributed by atoms with E-state index < -0.39 is 34.8 Å². The lowest BCUT2D eigenvalue weighted by molar-refractivity contribution is -0.126. The molecule has 0 unspecified atom stereocenters. The third-order valence-electron chi connectivity index (χ3n) is 5.97. The largest absolute Gasteiger partial charge is 0.393 e. The smallest absolute Gasteiger partial charge is 0.378 e. The molecule has 1 saturated heterocycles. The van der Waals surface area contributed by atoms with Crippen LogP contribution in [0.1, 0.15) is 17.9 Å². The van der Waals surface area contributed by atoms with Crippen LogP contribution in [0.15, 0.2) is 52.1 Å². The zero-order valence-corrected chi connectivity index (χ0v) is 21.3. The van der Waals surface area contributed by atoms with Crippen molar-refractivity contribution in [3.63, 3.8) is 0 Å². The Kier molecular flexibility index (Phi) is 7.35. The number of nitrogens with zero attached hydrogens (tertiary/aromatic N) is 3. The SMILES string of the molecule is O=S(=O)(NCc1nc(-c2sc3c(N[C@@H]4CCNC[C@@H]4F)cccc3c2CC(F)(F)F)no1)c1cccnc1. The molecule has 3 N–H and O–H groups in total. The van der Waals surface area contributed by atoms with Gasteiger partial charge in [0.05, 0.1) is 34.3 Å². The predicted molar refractivity (Wildman–Crippen MR) is 133 cm³/mol.